The van der Waals surface area contributed by atoms with Crippen molar-refractivity contribution in [1.82, 2.24) is 10.2 Å². The summed E-state index contributed by atoms with van der Waals surface area (Å²) in [7, 11) is 1.32. The number of aryl methyl sites for hydroxylation is 1. The first-order chi connectivity index (χ1) is 12.0. The highest BCUT2D eigenvalue weighted by Gasteiger charge is 2.12. The standard InChI is InChI=1S/C15H16BrN3O4S2/c1-3-9-4-5-11(10(16)6-9)23-7-12(20)17-14-18-19-15(25-14)24-8-13(21)22-2/h4-6H,3,7-8H2,1-2H3,(H,17,18,20). The van der Waals surface area contributed by atoms with Crippen LogP contribution in [-0.4, -0.2) is 41.5 Å². The Bertz CT molecular complexity index is 754. The summed E-state index contributed by atoms with van der Waals surface area (Å²) in [5.74, 6) is 0.0502. The number of carbonyl (C=O) groups excluding carboxylic acids is 2. The predicted molar refractivity (Wildman–Crippen MR) is 100 cm³/mol. The maximum Gasteiger partial charge on any atom is 0.316 e. The summed E-state index contributed by atoms with van der Waals surface area (Å²) in [5, 5.41) is 10.7. The van der Waals surface area contributed by atoms with Crippen LogP contribution in [0.25, 0.3) is 0 Å². The van der Waals surface area contributed by atoms with Crippen molar-refractivity contribution in [3.8, 4) is 5.75 Å². The lowest BCUT2D eigenvalue weighted by atomic mass is 10.2. The molecular formula is C15H16BrN3O4S2. The quantitative estimate of drug-likeness (QED) is 0.379. The fraction of sp³-hybridized carbons (Fsp3) is 0.333. The fourth-order valence-electron chi connectivity index (χ4n) is 1.68. The molecular weight excluding hydrogens is 430 g/mol. The Morgan fingerprint density at radius 2 is 2.16 bits per heavy atom. The molecule has 134 valence electrons. The number of ether oxygens (including phenoxy) is 2. The first kappa shape index (κ1) is 19.7. The first-order valence-corrected chi connectivity index (χ1v) is 9.85. The molecule has 0 unspecified atom stereocenters. The second kappa shape index (κ2) is 9.73. The number of benzene rings is 1. The van der Waals surface area contributed by atoms with Crippen molar-refractivity contribution in [2.75, 3.05) is 24.8 Å². The SMILES string of the molecule is CCc1ccc(OCC(=O)Nc2nnc(SCC(=O)OC)s2)c(Br)c1. The van der Waals surface area contributed by atoms with Gasteiger partial charge in [0.15, 0.2) is 10.9 Å². The number of methoxy groups -OCH3 is 1. The van der Waals surface area contributed by atoms with Gasteiger partial charge in [-0.3, -0.25) is 14.9 Å². The summed E-state index contributed by atoms with van der Waals surface area (Å²) in [6.45, 7) is 1.92. The normalized spacial score (nSPS) is 10.4. The van der Waals surface area contributed by atoms with Gasteiger partial charge in [0.2, 0.25) is 5.13 Å². The Kier molecular flexibility index (Phi) is 7.66. The Morgan fingerprint density at radius 3 is 2.84 bits per heavy atom. The minimum Gasteiger partial charge on any atom is -0.483 e. The molecule has 2 aromatic rings. The predicted octanol–water partition coefficient (Wildman–Crippen LogP) is 3.15. The summed E-state index contributed by atoms with van der Waals surface area (Å²) < 4.78 is 11.4. The van der Waals surface area contributed by atoms with Gasteiger partial charge in [-0.25, -0.2) is 0 Å². The number of esters is 1. The lowest BCUT2D eigenvalue weighted by molar-refractivity contribution is -0.137. The minimum absolute atomic E-state index is 0.143. The average molecular weight is 446 g/mol. The molecule has 0 aliphatic rings. The molecule has 1 heterocycles. The molecule has 1 amide bonds. The summed E-state index contributed by atoms with van der Waals surface area (Å²) in [6.07, 6.45) is 0.923. The summed E-state index contributed by atoms with van der Waals surface area (Å²) in [5.41, 5.74) is 1.18. The van der Waals surface area contributed by atoms with Crippen molar-refractivity contribution < 1.29 is 19.1 Å². The number of hydrogen-bond donors (Lipinski definition) is 1. The van der Waals surface area contributed by atoms with E-state index in [2.05, 4.69) is 43.1 Å². The summed E-state index contributed by atoms with van der Waals surface area (Å²) >= 11 is 5.80. The summed E-state index contributed by atoms with van der Waals surface area (Å²) in [6, 6.07) is 5.74. The van der Waals surface area contributed by atoms with Gasteiger partial charge in [0.1, 0.15) is 5.75 Å². The third-order valence-corrected chi connectivity index (χ3v) is 5.52. The van der Waals surface area contributed by atoms with Gasteiger partial charge in [-0.05, 0) is 40.0 Å². The molecule has 25 heavy (non-hydrogen) atoms. The van der Waals surface area contributed by atoms with Crippen LogP contribution in [0.3, 0.4) is 0 Å². The minimum atomic E-state index is -0.348. The second-order valence-corrected chi connectivity index (χ2v) is 7.75. The van der Waals surface area contributed by atoms with Crippen LogP contribution in [-0.2, 0) is 20.7 Å². The fourth-order valence-corrected chi connectivity index (χ4v) is 3.82. The average Bonchev–Trinajstić information content (AvgIpc) is 3.05. The van der Waals surface area contributed by atoms with E-state index < -0.39 is 0 Å². The molecule has 0 bridgehead atoms. The third kappa shape index (κ3) is 6.29. The van der Waals surface area contributed by atoms with E-state index in [4.69, 9.17) is 4.74 Å². The van der Waals surface area contributed by atoms with E-state index in [9.17, 15) is 9.59 Å². The second-order valence-electron chi connectivity index (χ2n) is 4.69. The van der Waals surface area contributed by atoms with Crippen molar-refractivity contribution >= 4 is 56.0 Å². The topological polar surface area (TPSA) is 90.4 Å². The maximum absolute atomic E-state index is 11.9. The van der Waals surface area contributed by atoms with E-state index >= 15 is 0 Å². The highest BCUT2D eigenvalue weighted by atomic mass is 79.9. The number of halogens is 1. The maximum atomic E-state index is 11.9. The molecule has 0 aliphatic heterocycles. The van der Waals surface area contributed by atoms with Gasteiger partial charge in [0.25, 0.3) is 5.91 Å². The molecule has 10 heteroatoms. The number of nitrogens with zero attached hydrogens (tertiary/aromatic N) is 2. The molecule has 0 saturated carbocycles. The van der Waals surface area contributed by atoms with Crippen molar-refractivity contribution in [3.05, 3.63) is 28.2 Å². The van der Waals surface area contributed by atoms with Crippen molar-refractivity contribution in [1.29, 1.82) is 0 Å². The number of anilines is 1. The van der Waals surface area contributed by atoms with E-state index in [-0.39, 0.29) is 24.2 Å². The number of hydrogen-bond acceptors (Lipinski definition) is 8. The van der Waals surface area contributed by atoms with Gasteiger partial charge >= 0.3 is 5.97 Å². The first-order valence-electron chi connectivity index (χ1n) is 7.26. The van der Waals surface area contributed by atoms with Crippen LogP contribution in [0.2, 0.25) is 0 Å². The highest BCUT2D eigenvalue weighted by Crippen LogP contribution is 2.27. The molecule has 0 aliphatic carbocycles. The van der Waals surface area contributed by atoms with Crippen LogP contribution in [0.1, 0.15) is 12.5 Å². The van der Waals surface area contributed by atoms with Gasteiger partial charge in [0.05, 0.1) is 17.3 Å². The van der Waals surface area contributed by atoms with Crippen LogP contribution in [0, 0.1) is 0 Å². The molecule has 0 saturated heterocycles. The van der Waals surface area contributed by atoms with Crippen molar-refractivity contribution in [2.45, 2.75) is 17.7 Å². The molecule has 1 aromatic carbocycles. The Hall–Kier alpha value is -1.65. The number of carbonyl (C=O) groups is 2. The zero-order valence-electron chi connectivity index (χ0n) is 13.6. The molecule has 7 nitrogen and oxygen atoms in total. The Morgan fingerprint density at radius 1 is 1.36 bits per heavy atom. The van der Waals surface area contributed by atoms with Gasteiger partial charge in [-0.2, -0.15) is 0 Å². The monoisotopic (exact) mass is 445 g/mol. The third-order valence-electron chi connectivity index (χ3n) is 2.96. The van der Waals surface area contributed by atoms with Crippen LogP contribution < -0.4 is 10.1 Å². The van der Waals surface area contributed by atoms with Crippen LogP contribution >= 0.6 is 39.0 Å². The zero-order valence-corrected chi connectivity index (χ0v) is 16.8. The number of amides is 1. The van der Waals surface area contributed by atoms with Gasteiger partial charge < -0.3 is 9.47 Å². The number of aromatic nitrogens is 2. The number of thioether (sulfide) groups is 1. The highest BCUT2D eigenvalue weighted by molar-refractivity contribution is 9.10. The molecule has 0 radical (unpaired) electrons. The Balaban J connectivity index is 1.82. The lowest BCUT2D eigenvalue weighted by Crippen LogP contribution is -2.20. The van der Waals surface area contributed by atoms with Crippen LogP contribution in [0.5, 0.6) is 5.75 Å². The largest absolute Gasteiger partial charge is 0.483 e. The molecule has 0 spiro atoms. The molecule has 1 aromatic heterocycles. The number of nitrogens with one attached hydrogen (secondary N) is 1. The zero-order chi connectivity index (χ0) is 18.2. The molecule has 2 rings (SSSR count). The van der Waals surface area contributed by atoms with Gasteiger partial charge in [0, 0.05) is 0 Å². The summed E-state index contributed by atoms with van der Waals surface area (Å²) in [4.78, 5) is 23.0. The van der Waals surface area contributed by atoms with Crippen LogP contribution in [0.4, 0.5) is 5.13 Å². The van der Waals surface area contributed by atoms with E-state index in [0.29, 0.717) is 15.2 Å². The van der Waals surface area contributed by atoms with Gasteiger partial charge in [-0.1, -0.05) is 36.1 Å². The molecule has 0 atom stereocenters. The smallest absolute Gasteiger partial charge is 0.316 e. The number of rotatable bonds is 8. The van der Waals surface area contributed by atoms with Crippen molar-refractivity contribution in [3.63, 3.8) is 0 Å². The molecule has 0 fully saturated rings. The van der Waals surface area contributed by atoms with E-state index in [1.807, 2.05) is 18.2 Å². The van der Waals surface area contributed by atoms with E-state index in [1.54, 1.807) is 0 Å². The van der Waals surface area contributed by atoms with Crippen molar-refractivity contribution in [2.24, 2.45) is 0 Å². The lowest BCUT2D eigenvalue weighted by Gasteiger charge is -2.08. The van der Waals surface area contributed by atoms with Gasteiger partial charge in [-0.15, -0.1) is 10.2 Å². The van der Waals surface area contributed by atoms with Crippen LogP contribution in [0.15, 0.2) is 27.0 Å². The van der Waals surface area contributed by atoms with E-state index in [0.717, 1.165) is 10.9 Å². The molecule has 1 N–H and O–H groups in total. The Labute approximate surface area is 161 Å². The van der Waals surface area contributed by atoms with E-state index in [1.165, 1.54) is 35.8 Å².